The molecule has 2 aliphatic heterocycles. The van der Waals surface area contributed by atoms with Crippen LogP contribution >= 0.6 is 0 Å². The molecule has 2 aliphatic rings. The second-order valence-corrected chi connectivity index (χ2v) is 4.55. The van der Waals surface area contributed by atoms with Crippen LogP contribution in [0.5, 0.6) is 0 Å². The average Bonchev–Trinajstić information content (AvgIpc) is 2.87. The van der Waals surface area contributed by atoms with E-state index in [1.807, 2.05) is 4.90 Å². The van der Waals surface area contributed by atoms with Gasteiger partial charge in [0.1, 0.15) is 0 Å². The molecule has 0 bridgehead atoms. The van der Waals surface area contributed by atoms with Crippen molar-refractivity contribution in [3.8, 4) is 0 Å². The lowest BCUT2D eigenvalue weighted by Crippen LogP contribution is -2.48. The van der Waals surface area contributed by atoms with Gasteiger partial charge in [-0.3, -0.25) is 9.59 Å². The summed E-state index contributed by atoms with van der Waals surface area (Å²) >= 11 is 0. The van der Waals surface area contributed by atoms with Crippen molar-refractivity contribution in [3.63, 3.8) is 0 Å². The Morgan fingerprint density at radius 1 is 1.18 bits per heavy atom. The molecule has 0 aromatic rings. The van der Waals surface area contributed by atoms with Crippen molar-refractivity contribution >= 4 is 11.8 Å². The van der Waals surface area contributed by atoms with Gasteiger partial charge in [-0.1, -0.05) is 6.58 Å². The quantitative estimate of drug-likeness (QED) is 0.656. The van der Waals surface area contributed by atoms with Gasteiger partial charge >= 0.3 is 0 Å². The Morgan fingerprint density at radius 2 is 1.88 bits per heavy atom. The normalized spacial score (nSPS) is 24.8. The van der Waals surface area contributed by atoms with Gasteiger partial charge in [-0.05, 0) is 12.5 Å². The van der Waals surface area contributed by atoms with Crippen molar-refractivity contribution in [2.45, 2.75) is 6.42 Å². The molecule has 0 aromatic carbocycles. The molecule has 1 unspecified atom stereocenters. The van der Waals surface area contributed by atoms with Crippen molar-refractivity contribution < 1.29 is 9.59 Å². The smallest absolute Gasteiger partial charge is 0.245 e. The lowest BCUT2D eigenvalue weighted by atomic mass is 10.1. The molecule has 0 saturated carbocycles. The van der Waals surface area contributed by atoms with Crippen LogP contribution in [0.15, 0.2) is 12.7 Å². The van der Waals surface area contributed by atoms with Crippen molar-refractivity contribution in [1.29, 1.82) is 0 Å². The molecule has 2 rings (SSSR count). The first kappa shape index (κ1) is 12.1. The molecule has 5 heteroatoms. The van der Waals surface area contributed by atoms with Gasteiger partial charge in [0.2, 0.25) is 11.8 Å². The van der Waals surface area contributed by atoms with Gasteiger partial charge in [0.05, 0.1) is 5.92 Å². The van der Waals surface area contributed by atoms with E-state index in [0.717, 1.165) is 32.6 Å². The maximum atomic E-state index is 12.2. The Kier molecular flexibility index (Phi) is 3.78. The molecule has 2 saturated heterocycles. The number of carbonyl (C=O) groups excluding carboxylic acids is 2. The van der Waals surface area contributed by atoms with E-state index in [9.17, 15) is 9.59 Å². The number of piperazine rings is 1. The maximum Gasteiger partial charge on any atom is 0.245 e. The Hall–Kier alpha value is -1.36. The highest BCUT2D eigenvalue weighted by Gasteiger charge is 2.33. The monoisotopic (exact) mass is 237 g/mol. The predicted octanol–water partition coefficient (Wildman–Crippen LogP) is -0.547. The van der Waals surface area contributed by atoms with Crippen LogP contribution < -0.4 is 5.32 Å². The third kappa shape index (κ3) is 2.66. The first-order valence-corrected chi connectivity index (χ1v) is 6.13. The molecule has 0 radical (unpaired) electrons. The van der Waals surface area contributed by atoms with Crippen molar-refractivity contribution in [2.75, 3.05) is 39.3 Å². The second kappa shape index (κ2) is 5.31. The SMILES string of the molecule is C=CC(=O)N1CCC(C(=O)N2CCNCC2)C1. The molecule has 94 valence electrons. The van der Waals surface area contributed by atoms with Gasteiger partial charge in [-0.15, -0.1) is 0 Å². The minimum absolute atomic E-state index is 0.0167. The molecular weight excluding hydrogens is 218 g/mol. The first-order chi connectivity index (χ1) is 8.22. The number of carbonyl (C=O) groups is 2. The van der Waals surface area contributed by atoms with Gasteiger partial charge < -0.3 is 15.1 Å². The summed E-state index contributed by atoms with van der Waals surface area (Å²) in [5.41, 5.74) is 0. The van der Waals surface area contributed by atoms with Crippen molar-refractivity contribution in [1.82, 2.24) is 15.1 Å². The van der Waals surface area contributed by atoms with Gasteiger partial charge in [0.15, 0.2) is 0 Å². The maximum absolute atomic E-state index is 12.2. The first-order valence-electron chi connectivity index (χ1n) is 6.13. The third-order valence-corrected chi connectivity index (χ3v) is 3.45. The summed E-state index contributed by atoms with van der Waals surface area (Å²) in [5.74, 6) is 0.114. The zero-order chi connectivity index (χ0) is 12.3. The van der Waals surface area contributed by atoms with Crippen LogP contribution in [-0.4, -0.2) is 60.9 Å². The Bertz CT molecular complexity index is 324. The third-order valence-electron chi connectivity index (χ3n) is 3.45. The number of amides is 2. The summed E-state index contributed by atoms with van der Waals surface area (Å²) in [6.45, 7) is 8.00. The van der Waals surface area contributed by atoms with Crippen molar-refractivity contribution in [3.05, 3.63) is 12.7 Å². The molecule has 0 aliphatic carbocycles. The van der Waals surface area contributed by atoms with Crippen molar-refractivity contribution in [2.24, 2.45) is 5.92 Å². The molecule has 2 fully saturated rings. The Labute approximate surface area is 101 Å². The topological polar surface area (TPSA) is 52.7 Å². The number of rotatable bonds is 2. The number of hydrogen-bond donors (Lipinski definition) is 1. The summed E-state index contributed by atoms with van der Waals surface area (Å²) in [7, 11) is 0. The zero-order valence-corrected chi connectivity index (χ0v) is 10.0. The zero-order valence-electron chi connectivity index (χ0n) is 10.0. The molecule has 17 heavy (non-hydrogen) atoms. The average molecular weight is 237 g/mol. The molecule has 1 N–H and O–H groups in total. The highest BCUT2D eigenvalue weighted by Crippen LogP contribution is 2.19. The van der Waals surface area contributed by atoms with Crippen LogP contribution in [0.4, 0.5) is 0 Å². The molecule has 5 nitrogen and oxygen atoms in total. The van der Waals surface area contributed by atoms with E-state index >= 15 is 0 Å². The van der Waals surface area contributed by atoms with Gasteiger partial charge in [-0.25, -0.2) is 0 Å². The van der Waals surface area contributed by atoms with E-state index in [1.165, 1.54) is 6.08 Å². The number of nitrogens with zero attached hydrogens (tertiary/aromatic N) is 2. The number of hydrogen-bond acceptors (Lipinski definition) is 3. The van der Waals surface area contributed by atoms with Crippen LogP contribution in [0.25, 0.3) is 0 Å². The Morgan fingerprint density at radius 3 is 2.53 bits per heavy atom. The molecule has 2 amide bonds. The highest BCUT2D eigenvalue weighted by atomic mass is 16.2. The van der Waals surface area contributed by atoms with Crippen LogP contribution in [0.2, 0.25) is 0 Å². The van der Waals surface area contributed by atoms with Crippen LogP contribution in [0.1, 0.15) is 6.42 Å². The minimum atomic E-state index is -0.0689. The summed E-state index contributed by atoms with van der Waals surface area (Å²) in [5, 5.41) is 3.22. The van der Waals surface area contributed by atoms with E-state index < -0.39 is 0 Å². The van der Waals surface area contributed by atoms with E-state index in [1.54, 1.807) is 4.90 Å². The predicted molar refractivity (Wildman–Crippen MR) is 64.3 cm³/mol. The van der Waals surface area contributed by atoms with E-state index in [-0.39, 0.29) is 17.7 Å². The summed E-state index contributed by atoms with van der Waals surface area (Å²) in [6.07, 6.45) is 2.10. The van der Waals surface area contributed by atoms with Gasteiger partial charge in [0, 0.05) is 39.3 Å². The lowest BCUT2D eigenvalue weighted by molar-refractivity contribution is -0.135. The van der Waals surface area contributed by atoms with Crippen LogP contribution in [0, 0.1) is 5.92 Å². The summed E-state index contributed by atoms with van der Waals surface area (Å²) in [4.78, 5) is 27.2. The van der Waals surface area contributed by atoms with Gasteiger partial charge in [0.25, 0.3) is 0 Å². The van der Waals surface area contributed by atoms with Crippen LogP contribution in [0.3, 0.4) is 0 Å². The molecule has 2 heterocycles. The Balaban J connectivity index is 1.89. The highest BCUT2D eigenvalue weighted by molar-refractivity contribution is 5.88. The minimum Gasteiger partial charge on any atom is -0.340 e. The standard InChI is InChI=1S/C12H19N3O2/c1-2-11(16)15-6-3-10(9-15)12(17)14-7-4-13-5-8-14/h2,10,13H,1,3-9H2. The number of nitrogens with one attached hydrogen (secondary N) is 1. The molecule has 0 spiro atoms. The van der Waals surface area contributed by atoms with Gasteiger partial charge in [-0.2, -0.15) is 0 Å². The summed E-state index contributed by atoms with van der Waals surface area (Å²) in [6, 6.07) is 0. The number of likely N-dealkylation sites (tertiary alicyclic amines) is 1. The van der Waals surface area contributed by atoms with E-state index in [4.69, 9.17) is 0 Å². The van der Waals surface area contributed by atoms with Crippen LogP contribution in [-0.2, 0) is 9.59 Å². The summed E-state index contributed by atoms with van der Waals surface area (Å²) < 4.78 is 0. The lowest BCUT2D eigenvalue weighted by Gasteiger charge is -2.29. The van der Waals surface area contributed by atoms with E-state index in [2.05, 4.69) is 11.9 Å². The fraction of sp³-hybridized carbons (Fsp3) is 0.667. The molecule has 1 atom stereocenters. The molecular formula is C12H19N3O2. The molecule has 0 aromatic heterocycles. The second-order valence-electron chi connectivity index (χ2n) is 4.55. The largest absolute Gasteiger partial charge is 0.340 e. The fourth-order valence-electron chi connectivity index (χ4n) is 2.43. The fourth-order valence-corrected chi connectivity index (χ4v) is 2.43. The van der Waals surface area contributed by atoms with E-state index in [0.29, 0.717) is 13.1 Å².